The summed E-state index contributed by atoms with van der Waals surface area (Å²) in [6.07, 6.45) is 0. The van der Waals surface area contributed by atoms with E-state index in [1.54, 1.807) is 18.2 Å². The highest BCUT2D eigenvalue weighted by Crippen LogP contribution is 2.33. The van der Waals surface area contributed by atoms with Gasteiger partial charge in [0.15, 0.2) is 15.8 Å². The lowest BCUT2D eigenvalue weighted by Gasteiger charge is -2.09. The van der Waals surface area contributed by atoms with Crippen molar-refractivity contribution in [2.24, 2.45) is 0 Å². The molecular formula is C20H18N4O4S2. The van der Waals surface area contributed by atoms with Crippen molar-refractivity contribution in [3.63, 3.8) is 0 Å². The molecule has 8 nitrogen and oxygen atoms in total. The molecule has 154 valence electrons. The number of thioether (sulfide) groups is 1. The summed E-state index contributed by atoms with van der Waals surface area (Å²) in [5.74, 6) is 0.882. The second-order valence-electron chi connectivity index (χ2n) is 6.48. The molecule has 0 fully saturated rings. The maximum absolute atomic E-state index is 12.4. The molecular weight excluding hydrogens is 424 g/mol. The summed E-state index contributed by atoms with van der Waals surface area (Å²) in [6, 6.07) is 10.7. The number of rotatable bonds is 6. The minimum Gasteiger partial charge on any atom is -0.454 e. The lowest BCUT2D eigenvalue weighted by atomic mass is 10.1. The Hall–Kier alpha value is -3.11. The van der Waals surface area contributed by atoms with Gasteiger partial charge in [-0.25, -0.2) is 0 Å². The zero-order chi connectivity index (χ0) is 21.1. The Morgan fingerprint density at radius 2 is 1.93 bits per heavy atom. The van der Waals surface area contributed by atoms with Gasteiger partial charge >= 0.3 is 0 Å². The molecule has 2 N–H and O–H groups in total. The van der Waals surface area contributed by atoms with Crippen LogP contribution in [0.2, 0.25) is 0 Å². The highest BCUT2D eigenvalue weighted by molar-refractivity contribution is 8.01. The van der Waals surface area contributed by atoms with Gasteiger partial charge in [-0.2, -0.15) is 0 Å². The molecule has 0 radical (unpaired) electrons. The molecule has 1 aliphatic rings. The van der Waals surface area contributed by atoms with Crippen LogP contribution in [-0.4, -0.2) is 34.6 Å². The summed E-state index contributed by atoms with van der Waals surface area (Å²) in [6.45, 7) is 4.12. The lowest BCUT2D eigenvalue weighted by Crippen LogP contribution is -2.15. The molecule has 2 heterocycles. The van der Waals surface area contributed by atoms with E-state index >= 15 is 0 Å². The molecule has 0 aliphatic carbocycles. The number of aryl methyl sites for hydroxylation is 1. The minimum atomic E-state index is -0.325. The van der Waals surface area contributed by atoms with Gasteiger partial charge in [-0.05, 0) is 49.2 Å². The van der Waals surface area contributed by atoms with Gasteiger partial charge in [-0.1, -0.05) is 35.2 Å². The van der Waals surface area contributed by atoms with Crippen LogP contribution in [-0.2, 0) is 4.79 Å². The van der Waals surface area contributed by atoms with Crippen LogP contribution in [0, 0.1) is 13.8 Å². The predicted octanol–water partition coefficient (Wildman–Crippen LogP) is 3.87. The smallest absolute Gasteiger partial charge is 0.257 e. The molecule has 1 aromatic heterocycles. The molecule has 2 aromatic carbocycles. The third-order valence-electron chi connectivity index (χ3n) is 4.47. The third kappa shape index (κ3) is 4.55. The van der Waals surface area contributed by atoms with E-state index < -0.39 is 0 Å². The van der Waals surface area contributed by atoms with Crippen molar-refractivity contribution in [1.29, 1.82) is 0 Å². The van der Waals surface area contributed by atoms with Crippen LogP contribution in [0.4, 0.5) is 10.8 Å². The molecule has 0 atom stereocenters. The summed E-state index contributed by atoms with van der Waals surface area (Å²) in [5, 5.41) is 14.0. The Kier molecular flexibility index (Phi) is 5.86. The maximum Gasteiger partial charge on any atom is 0.257 e. The number of carbonyl (C=O) groups is 2. The average Bonchev–Trinajstić information content (AvgIpc) is 3.38. The van der Waals surface area contributed by atoms with E-state index in [4.69, 9.17) is 9.47 Å². The second-order valence-corrected chi connectivity index (χ2v) is 8.68. The van der Waals surface area contributed by atoms with Crippen LogP contribution in [0.1, 0.15) is 21.5 Å². The summed E-state index contributed by atoms with van der Waals surface area (Å²) < 4.78 is 11.1. The van der Waals surface area contributed by atoms with E-state index in [-0.39, 0.29) is 24.4 Å². The molecule has 0 spiro atoms. The molecule has 4 rings (SSSR count). The standard InChI is InChI=1S/C20H18N4O4S2/c1-11-4-3-5-14(12(11)2)21-17(25)9-29-20-24-23-19(30-20)22-18(26)13-6-7-15-16(8-13)28-10-27-15/h3-8H,9-10H2,1-2H3,(H,21,25)(H,22,23,26). The minimum absolute atomic E-state index is 0.130. The zero-order valence-corrected chi connectivity index (χ0v) is 17.9. The first-order chi connectivity index (χ1) is 14.5. The lowest BCUT2D eigenvalue weighted by molar-refractivity contribution is -0.113. The fourth-order valence-electron chi connectivity index (χ4n) is 2.73. The van der Waals surface area contributed by atoms with Gasteiger partial charge in [0.05, 0.1) is 5.75 Å². The van der Waals surface area contributed by atoms with Crippen LogP contribution in [0.5, 0.6) is 11.5 Å². The van der Waals surface area contributed by atoms with Crippen molar-refractivity contribution < 1.29 is 19.1 Å². The SMILES string of the molecule is Cc1cccc(NC(=O)CSc2nnc(NC(=O)c3ccc4c(c3)OCO4)s2)c1C. The van der Waals surface area contributed by atoms with Crippen molar-refractivity contribution in [3.8, 4) is 11.5 Å². The van der Waals surface area contributed by atoms with Crippen molar-refractivity contribution in [2.45, 2.75) is 18.2 Å². The van der Waals surface area contributed by atoms with E-state index in [2.05, 4.69) is 20.8 Å². The molecule has 0 bridgehead atoms. The van der Waals surface area contributed by atoms with E-state index in [0.717, 1.165) is 16.8 Å². The normalized spacial score (nSPS) is 11.9. The first-order valence-corrected chi connectivity index (χ1v) is 10.8. The molecule has 1 aliphatic heterocycles. The molecule has 0 unspecified atom stereocenters. The summed E-state index contributed by atoms with van der Waals surface area (Å²) in [5.41, 5.74) is 3.39. The van der Waals surface area contributed by atoms with Gasteiger partial charge < -0.3 is 14.8 Å². The highest BCUT2D eigenvalue weighted by atomic mass is 32.2. The average molecular weight is 443 g/mol. The number of benzene rings is 2. The Balaban J connectivity index is 1.31. The fourth-order valence-corrected chi connectivity index (χ4v) is 4.27. The number of fused-ring (bicyclic) bond motifs is 1. The number of aromatic nitrogens is 2. The van der Waals surface area contributed by atoms with Crippen LogP contribution in [0.15, 0.2) is 40.7 Å². The monoisotopic (exact) mass is 442 g/mol. The van der Waals surface area contributed by atoms with E-state index in [9.17, 15) is 9.59 Å². The molecule has 10 heteroatoms. The number of hydrogen-bond acceptors (Lipinski definition) is 8. The third-order valence-corrected chi connectivity index (χ3v) is 6.44. The van der Waals surface area contributed by atoms with Gasteiger partial charge in [0.2, 0.25) is 17.8 Å². The topological polar surface area (TPSA) is 102 Å². The first-order valence-electron chi connectivity index (χ1n) is 9.03. The van der Waals surface area contributed by atoms with Crippen LogP contribution >= 0.6 is 23.1 Å². The molecule has 2 amide bonds. The second kappa shape index (κ2) is 8.72. The van der Waals surface area contributed by atoms with Crippen molar-refractivity contribution in [1.82, 2.24) is 10.2 Å². The number of carbonyl (C=O) groups excluding carboxylic acids is 2. The van der Waals surface area contributed by atoms with Crippen molar-refractivity contribution in [2.75, 3.05) is 23.2 Å². The van der Waals surface area contributed by atoms with Crippen LogP contribution < -0.4 is 20.1 Å². The number of nitrogens with zero attached hydrogens (tertiary/aromatic N) is 2. The fraction of sp³-hybridized carbons (Fsp3) is 0.200. The number of nitrogens with one attached hydrogen (secondary N) is 2. The van der Waals surface area contributed by atoms with Gasteiger partial charge in [-0.3, -0.25) is 14.9 Å². The number of amides is 2. The maximum atomic E-state index is 12.4. The van der Waals surface area contributed by atoms with Crippen LogP contribution in [0.25, 0.3) is 0 Å². The Morgan fingerprint density at radius 1 is 1.10 bits per heavy atom. The van der Waals surface area contributed by atoms with Gasteiger partial charge in [0.1, 0.15) is 0 Å². The molecule has 0 saturated heterocycles. The number of ether oxygens (including phenoxy) is 2. The van der Waals surface area contributed by atoms with Gasteiger partial charge in [-0.15, -0.1) is 10.2 Å². The van der Waals surface area contributed by atoms with E-state index in [0.29, 0.717) is 26.5 Å². The Morgan fingerprint density at radius 3 is 2.80 bits per heavy atom. The highest BCUT2D eigenvalue weighted by Gasteiger charge is 2.17. The number of hydrogen-bond donors (Lipinski definition) is 2. The van der Waals surface area contributed by atoms with Gasteiger partial charge in [0.25, 0.3) is 5.91 Å². The predicted molar refractivity (Wildman–Crippen MR) is 116 cm³/mol. The molecule has 3 aromatic rings. The van der Waals surface area contributed by atoms with E-state index in [1.807, 2.05) is 32.0 Å². The number of anilines is 2. The first kappa shape index (κ1) is 20.2. The van der Waals surface area contributed by atoms with Gasteiger partial charge in [0, 0.05) is 11.3 Å². The van der Waals surface area contributed by atoms with Crippen molar-refractivity contribution >= 4 is 45.7 Å². The largest absolute Gasteiger partial charge is 0.454 e. The molecule has 0 saturated carbocycles. The van der Waals surface area contributed by atoms with Crippen molar-refractivity contribution in [3.05, 3.63) is 53.1 Å². The van der Waals surface area contributed by atoms with Crippen LogP contribution in [0.3, 0.4) is 0 Å². The quantitative estimate of drug-likeness (QED) is 0.441. The molecule has 30 heavy (non-hydrogen) atoms. The van der Waals surface area contributed by atoms with E-state index in [1.165, 1.54) is 23.1 Å². The Bertz CT molecular complexity index is 1120. The Labute approximate surface area is 181 Å². The summed E-state index contributed by atoms with van der Waals surface area (Å²) >= 11 is 2.47. The zero-order valence-electron chi connectivity index (χ0n) is 16.2. The summed E-state index contributed by atoms with van der Waals surface area (Å²) in [4.78, 5) is 24.7. The summed E-state index contributed by atoms with van der Waals surface area (Å²) in [7, 11) is 0.